The van der Waals surface area contributed by atoms with Gasteiger partial charge in [-0.05, 0) is 42.7 Å². The maximum Gasteiger partial charge on any atom is 0.178 e. The van der Waals surface area contributed by atoms with Crippen LogP contribution in [0.2, 0.25) is 0 Å². The molecule has 1 aromatic carbocycles. The smallest absolute Gasteiger partial charge is 0.178 e. The van der Waals surface area contributed by atoms with E-state index in [4.69, 9.17) is 5.10 Å². The number of aromatic nitrogens is 4. The highest BCUT2D eigenvalue weighted by molar-refractivity contribution is 5.46. The molecule has 1 fully saturated rings. The average molecular weight is 295 g/mol. The summed E-state index contributed by atoms with van der Waals surface area (Å²) in [5.74, 6) is 2.06. The number of anilines is 1. The van der Waals surface area contributed by atoms with Crippen molar-refractivity contribution in [1.29, 1.82) is 0 Å². The molecular weight excluding hydrogens is 278 g/mol. The molecule has 0 unspecified atom stereocenters. The van der Waals surface area contributed by atoms with Crippen molar-refractivity contribution < 1.29 is 5.11 Å². The molecule has 2 aromatic heterocycles. The fraction of sp³-hybridized carbons (Fsp3) is 0.312. The third-order valence-corrected chi connectivity index (χ3v) is 4.04. The molecule has 0 aliphatic carbocycles. The molecule has 0 saturated carbocycles. The van der Waals surface area contributed by atoms with Crippen LogP contribution in [-0.4, -0.2) is 38.0 Å². The van der Waals surface area contributed by atoms with Gasteiger partial charge in [0.25, 0.3) is 0 Å². The van der Waals surface area contributed by atoms with Crippen molar-refractivity contribution in [3.05, 3.63) is 47.8 Å². The molecule has 1 saturated heterocycles. The fourth-order valence-electron chi connectivity index (χ4n) is 2.85. The Morgan fingerprint density at radius 1 is 0.955 bits per heavy atom. The molecule has 3 heterocycles. The normalized spacial score (nSPS) is 14.8. The van der Waals surface area contributed by atoms with E-state index in [1.54, 1.807) is 12.1 Å². The van der Waals surface area contributed by atoms with E-state index in [1.165, 1.54) is 12.8 Å². The minimum Gasteiger partial charge on any atom is -0.508 e. The van der Waals surface area contributed by atoms with E-state index in [2.05, 4.69) is 15.1 Å². The van der Waals surface area contributed by atoms with E-state index in [0.717, 1.165) is 35.9 Å². The quantitative estimate of drug-likeness (QED) is 0.800. The van der Waals surface area contributed by atoms with Crippen molar-refractivity contribution in [2.75, 3.05) is 18.0 Å². The first-order valence-electron chi connectivity index (χ1n) is 7.54. The zero-order chi connectivity index (χ0) is 14.9. The Labute approximate surface area is 128 Å². The lowest BCUT2D eigenvalue weighted by molar-refractivity contribution is 0.475. The van der Waals surface area contributed by atoms with Crippen LogP contribution < -0.4 is 4.90 Å². The third kappa shape index (κ3) is 2.36. The first-order chi connectivity index (χ1) is 10.8. The van der Waals surface area contributed by atoms with E-state index >= 15 is 0 Å². The number of phenols is 1. The average Bonchev–Trinajstić information content (AvgIpc) is 3.19. The van der Waals surface area contributed by atoms with E-state index in [-0.39, 0.29) is 5.75 Å². The molecular formula is C16H17N5O. The molecule has 1 aliphatic rings. The van der Waals surface area contributed by atoms with Crippen LogP contribution in [0.4, 0.5) is 5.82 Å². The van der Waals surface area contributed by atoms with Gasteiger partial charge in [-0.15, -0.1) is 15.3 Å². The maximum atomic E-state index is 9.36. The zero-order valence-electron chi connectivity index (χ0n) is 12.2. The molecule has 0 atom stereocenters. The second kappa shape index (κ2) is 5.29. The van der Waals surface area contributed by atoms with Gasteiger partial charge in [-0.1, -0.05) is 12.1 Å². The molecule has 3 aromatic rings. The van der Waals surface area contributed by atoms with E-state index in [9.17, 15) is 5.11 Å². The number of benzene rings is 1. The van der Waals surface area contributed by atoms with E-state index in [0.29, 0.717) is 6.42 Å². The zero-order valence-corrected chi connectivity index (χ0v) is 12.2. The summed E-state index contributed by atoms with van der Waals surface area (Å²) in [6, 6.07) is 11.1. The summed E-state index contributed by atoms with van der Waals surface area (Å²) < 4.78 is 1.82. The molecule has 6 heteroatoms. The molecule has 112 valence electrons. The second-order valence-corrected chi connectivity index (χ2v) is 5.62. The standard InChI is InChI=1S/C16H17N5O/c22-13-5-3-12(4-6-13)11-16-18-17-14-7-8-15(19-21(14)16)20-9-1-2-10-20/h3-8,22H,1-2,9-11H2. The van der Waals surface area contributed by atoms with E-state index in [1.807, 2.05) is 28.8 Å². The summed E-state index contributed by atoms with van der Waals surface area (Å²) in [6.45, 7) is 2.13. The van der Waals surface area contributed by atoms with Gasteiger partial charge in [0.05, 0.1) is 0 Å². The Morgan fingerprint density at radius 3 is 2.50 bits per heavy atom. The van der Waals surface area contributed by atoms with Gasteiger partial charge < -0.3 is 10.0 Å². The van der Waals surface area contributed by atoms with Gasteiger partial charge in [-0.3, -0.25) is 0 Å². The summed E-state index contributed by atoms with van der Waals surface area (Å²) >= 11 is 0. The maximum absolute atomic E-state index is 9.36. The first-order valence-corrected chi connectivity index (χ1v) is 7.54. The fourth-order valence-corrected chi connectivity index (χ4v) is 2.85. The van der Waals surface area contributed by atoms with Gasteiger partial charge in [-0.25, -0.2) is 0 Å². The number of phenolic OH excluding ortho intramolecular Hbond substituents is 1. The van der Waals surface area contributed by atoms with Crippen molar-refractivity contribution in [3.63, 3.8) is 0 Å². The molecule has 0 radical (unpaired) electrons. The largest absolute Gasteiger partial charge is 0.508 e. The molecule has 1 aliphatic heterocycles. The van der Waals surface area contributed by atoms with Crippen LogP contribution in [-0.2, 0) is 6.42 Å². The summed E-state index contributed by atoms with van der Waals surface area (Å²) in [5.41, 5.74) is 1.83. The Bertz CT molecular complexity index is 790. The summed E-state index contributed by atoms with van der Waals surface area (Å²) in [4.78, 5) is 2.30. The molecule has 4 rings (SSSR count). The van der Waals surface area contributed by atoms with Crippen LogP contribution in [0.5, 0.6) is 5.75 Å². The lowest BCUT2D eigenvalue weighted by Gasteiger charge is -2.15. The van der Waals surface area contributed by atoms with Gasteiger partial charge in [0, 0.05) is 19.5 Å². The molecule has 22 heavy (non-hydrogen) atoms. The Hall–Kier alpha value is -2.63. The number of hydrogen-bond donors (Lipinski definition) is 1. The molecule has 0 spiro atoms. The van der Waals surface area contributed by atoms with Crippen LogP contribution in [0, 0.1) is 0 Å². The van der Waals surface area contributed by atoms with Crippen molar-refractivity contribution in [2.24, 2.45) is 0 Å². The number of hydrogen-bond acceptors (Lipinski definition) is 5. The van der Waals surface area contributed by atoms with Crippen molar-refractivity contribution in [1.82, 2.24) is 19.8 Å². The summed E-state index contributed by atoms with van der Waals surface area (Å²) in [6.07, 6.45) is 3.09. The topological polar surface area (TPSA) is 66.6 Å². The Morgan fingerprint density at radius 2 is 1.73 bits per heavy atom. The highest BCUT2D eigenvalue weighted by atomic mass is 16.3. The molecule has 6 nitrogen and oxygen atoms in total. The van der Waals surface area contributed by atoms with Gasteiger partial charge in [0.2, 0.25) is 0 Å². The van der Waals surface area contributed by atoms with Crippen molar-refractivity contribution in [2.45, 2.75) is 19.3 Å². The van der Waals surface area contributed by atoms with Gasteiger partial charge in [0.15, 0.2) is 11.5 Å². The lowest BCUT2D eigenvalue weighted by Crippen LogP contribution is -2.20. The molecule has 0 bridgehead atoms. The van der Waals surface area contributed by atoms with Crippen LogP contribution in [0.3, 0.4) is 0 Å². The number of nitrogens with zero attached hydrogens (tertiary/aromatic N) is 5. The van der Waals surface area contributed by atoms with Crippen LogP contribution in [0.25, 0.3) is 5.65 Å². The first kappa shape index (κ1) is 13.1. The number of aromatic hydroxyl groups is 1. The van der Waals surface area contributed by atoms with Gasteiger partial charge in [0.1, 0.15) is 11.6 Å². The molecule has 0 amide bonds. The van der Waals surface area contributed by atoms with E-state index < -0.39 is 0 Å². The monoisotopic (exact) mass is 295 g/mol. The van der Waals surface area contributed by atoms with Crippen LogP contribution in [0.1, 0.15) is 24.2 Å². The minimum absolute atomic E-state index is 0.268. The van der Waals surface area contributed by atoms with Gasteiger partial charge >= 0.3 is 0 Å². The predicted molar refractivity (Wildman–Crippen MR) is 83.1 cm³/mol. The lowest BCUT2D eigenvalue weighted by atomic mass is 10.1. The highest BCUT2D eigenvalue weighted by Gasteiger charge is 2.15. The summed E-state index contributed by atoms with van der Waals surface area (Å²) in [5, 5.41) is 22.5. The highest BCUT2D eigenvalue weighted by Crippen LogP contribution is 2.19. The van der Waals surface area contributed by atoms with Crippen LogP contribution >= 0.6 is 0 Å². The SMILES string of the molecule is Oc1ccc(Cc2nnc3ccc(N4CCCC4)nn23)cc1. The minimum atomic E-state index is 0.268. The van der Waals surface area contributed by atoms with Crippen molar-refractivity contribution in [3.8, 4) is 5.75 Å². The summed E-state index contributed by atoms with van der Waals surface area (Å²) in [7, 11) is 0. The number of fused-ring (bicyclic) bond motifs is 1. The third-order valence-electron chi connectivity index (χ3n) is 4.04. The van der Waals surface area contributed by atoms with Crippen LogP contribution in [0.15, 0.2) is 36.4 Å². The van der Waals surface area contributed by atoms with Gasteiger partial charge in [-0.2, -0.15) is 4.52 Å². The Balaban J connectivity index is 1.68. The second-order valence-electron chi connectivity index (χ2n) is 5.62. The predicted octanol–water partition coefficient (Wildman–Crippen LogP) is 2.02. The van der Waals surface area contributed by atoms with Crippen molar-refractivity contribution >= 4 is 11.5 Å². The number of rotatable bonds is 3. The Kier molecular flexibility index (Phi) is 3.14. The molecule has 1 N–H and O–H groups in total.